The van der Waals surface area contributed by atoms with Crippen molar-refractivity contribution in [3.05, 3.63) is 105 Å². The molecule has 172 valence electrons. The number of anilines is 2. The van der Waals surface area contributed by atoms with Gasteiger partial charge in [0.15, 0.2) is 0 Å². The van der Waals surface area contributed by atoms with Gasteiger partial charge in [-0.3, -0.25) is 4.79 Å². The first kappa shape index (κ1) is 22.5. The minimum Gasteiger partial charge on any atom is -0.465 e. The number of hydrogen-bond acceptors (Lipinski definition) is 5. The summed E-state index contributed by atoms with van der Waals surface area (Å²) in [6, 6.07) is 20.0. The van der Waals surface area contributed by atoms with E-state index in [0.29, 0.717) is 22.0 Å². The molecule has 0 radical (unpaired) electrons. The zero-order chi connectivity index (χ0) is 23.8. The van der Waals surface area contributed by atoms with E-state index in [1.807, 2.05) is 54.6 Å². The van der Waals surface area contributed by atoms with Gasteiger partial charge in [-0.05, 0) is 53.6 Å². The average molecular weight is 493 g/mol. The SMILES string of the molecule is COC(=O)c1ccc([C@@H]2Nc3ccc(Cl)cc3NC3=C[C@@H](c4ccc(Cl)cc4)CC(=O)[C@@H]32)cc1. The van der Waals surface area contributed by atoms with Crippen LogP contribution in [0, 0.1) is 5.92 Å². The second kappa shape index (κ2) is 9.16. The summed E-state index contributed by atoms with van der Waals surface area (Å²) in [5, 5.41) is 8.28. The fourth-order valence-electron chi connectivity index (χ4n) is 4.68. The van der Waals surface area contributed by atoms with Crippen molar-refractivity contribution >= 4 is 46.3 Å². The Morgan fingerprint density at radius 2 is 1.59 bits per heavy atom. The molecule has 0 unspecified atom stereocenters. The van der Waals surface area contributed by atoms with Crippen LogP contribution in [0.25, 0.3) is 0 Å². The summed E-state index contributed by atoms with van der Waals surface area (Å²) in [5.41, 5.74) is 4.87. The lowest BCUT2D eigenvalue weighted by atomic mass is 9.76. The number of halogens is 2. The monoisotopic (exact) mass is 492 g/mol. The van der Waals surface area contributed by atoms with Crippen LogP contribution in [-0.2, 0) is 9.53 Å². The lowest BCUT2D eigenvalue weighted by Gasteiger charge is -2.32. The number of fused-ring (bicyclic) bond motifs is 2. The third-order valence-electron chi connectivity index (χ3n) is 6.38. The second-order valence-corrected chi connectivity index (χ2v) is 9.35. The van der Waals surface area contributed by atoms with Crippen LogP contribution < -0.4 is 10.6 Å². The first-order valence-electron chi connectivity index (χ1n) is 10.9. The molecule has 1 aliphatic carbocycles. The number of carbonyl (C=O) groups is 2. The Morgan fingerprint density at radius 3 is 2.29 bits per heavy atom. The maximum Gasteiger partial charge on any atom is 0.337 e. The van der Waals surface area contributed by atoms with Crippen molar-refractivity contribution in [3.63, 3.8) is 0 Å². The Morgan fingerprint density at radius 1 is 0.912 bits per heavy atom. The molecule has 5 nitrogen and oxygen atoms in total. The van der Waals surface area contributed by atoms with Crippen LogP contribution in [0.2, 0.25) is 10.0 Å². The van der Waals surface area contributed by atoms with Crippen LogP contribution in [-0.4, -0.2) is 18.9 Å². The number of methoxy groups -OCH3 is 1. The lowest BCUT2D eigenvalue weighted by Crippen LogP contribution is -2.33. The first-order valence-corrected chi connectivity index (χ1v) is 11.7. The Labute approximate surface area is 207 Å². The number of rotatable bonds is 3. The van der Waals surface area contributed by atoms with Crippen molar-refractivity contribution in [2.75, 3.05) is 17.7 Å². The summed E-state index contributed by atoms with van der Waals surface area (Å²) < 4.78 is 4.81. The van der Waals surface area contributed by atoms with Crippen LogP contribution in [0.3, 0.4) is 0 Å². The van der Waals surface area contributed by atoms with Crippen molar-refractivity contribution in [2.24, 2.45) is 5.92 Å². The molecule has 1 aliphatic heterocycles. The molecule has 0 amide bonds. The van der Waals surface area contributed by atoms with Crippen LogP contribution in [0.4, 0.5) is 11.4 Å². The number of Topliss-reactive ketones (excluding diaryl/α,β-unsaturated/α-hetero) is 1. The molecule has 0 spiro atoms. The molecule has 0 saturated carbocycles. The number of esters is 1. The van der Waals surface area contributed by atoms with Gasteiger partial charge in [0, 0.05) is 28.1 Å². The number of ether oxygens (including phenoxy) is 1. The standard InChI is InChI=1S/C27H22Cl2N2O3/c1-34-27(33)17-4-2-16(3-5-17)26-25-23(30-22-14-20(29)10-11-21(22)31-26)12-18(13-24(25)32)15-6-8-19(28)9-7-15/h2-12,14,18,25-26,30-31H,13H2,1H3/t18-,25-,26+/m1/s1. The highest BCUT2D eigenvalue weighted by molar-refractivity contribution is 6.31. The highest BCUT2D eigenvalue weighted by Crippen LogP contribution is 2.45. The van der Waals surface area contributed by atoms with Crippen molar-refractivity contribution < 1.29 is 14.3 Å². The Balaban J connectivity index is 1.59. The van der Waals surface area contributed by atoms with E-state index in [1.54, 1.807) is 12.1 Å². The smallest absolute Gasteiger partial charge is 0.337 e. The fraction of sp³-hybridized carbons (Fsp3) is 0.185. The minimum atomic E-state index is -0.432. The summed E-state index contributed by atoms with van der Waals surface area (Å²) in [7, 11) is 1.35. The van der Waals surface area contributed by atoms with Gasteiger partial charge in [-0.2, -0.15) is 0 Å². The minimum absolute atomic E-state index is 0.0633. The molecule has 0 aromatic heterocycles. The molecule has 2 N–H and O–H groups in total. The van der Waals surface area contributed by atoms with Gasteiger partial charge in [-0.1, -0.05) is 53.5 Å². The molecule has 0 saturated heterocycles. The normalized spacial score (nSPS) is 21.2. The van der Waals surface area contributed by atoms with Gasteiger partial charge in [0.25, 0.3) is 0 Å². The van der Waals surface area contributed by atoms with E-state index < -0.39 is 11.9 Å². The highest BCUT2D eigenvalue weighted by Gasteiger charge is 2.39. The van der Waals surface area contributed by atoms with E-state index in [9.17, 15) is 9.59 Å². The molecule has 3 atom stereocenters. The van der Waals surface area contributed by atoms with Crippen LogP contribution in [0.5, 0.6) is 0 Å². The zero-order valence-electron chi connectivity index (χ0n) is 18.3. The number of benzene rings is 3. The predicted octanol–water partition coefficient (Wildman–Crippen LogP) is 6.62. The van der Waals surface area contributed by atoms with Gasteiger partial charge < -0.3 is 15.4 Å². The molecule has 34 heavy (non-hydrogen) atoms. The quantitative estimate of drug-likeness (QED) is 0.402. The molecule has 3 aromatic rings. The largest absolute Gasteiger partial charge is 0.465 e. The number of hydrogen-bond donors (Lipinski definition) is 2. The number of nitrogens with one attached hydrogen (secondary N) is 2. The van der Waals surface area contributed by atoms with Crippen LogP contribution >= 0.6 is 23.2 Å². The summed E-state index contributed by atoms with van der Waals surface area (Å²) in [6.45, 7) is 0. The van der Waals surface area contributed by atoms with E-state index in [0.717, 1.165) is 28.2 Å². The summed E-state index contributed by atoms with van der Waals surface area (Å²) in [5.74, 6) is -0.772. The lowest BCUT2D eigenvalue weighted by molar-refractivity contribution is -0.122. The molecule has 7 heteroatoms. The van der Waals surface area contributed by atoms with E-state index in [-0.39, 0.29) is 17.7 Å². The molecule has 0 bridgehead atoms. The third-order valence-corrected chi connectivity index (χ3v) is 6.86. The average Bonchev–Trinajstić information content (AvgIpc) is 3.00. The van der Waals surface area contributed by atoms with Gasteiger partial charge in [0.05, 0.1) is 36.0 Å². The Hall–Kier alpha value is -3.28. The van der Waals surface area contributed by atoms with Crippen molar-refractivity contribution in [1.29, 1.82) is 0 Å². The van der Waals surface area contributed by atoms with Gasteiger partial charge in [-0.15, -0.1) is 0 Å². The molecule has 2 aliphatic rings. The Bertz CT molecular complexity index is 1290. The van der Waals surface area contributed by atoms with Crippen LogP contribution in [0.1, 0.15) is 39.9 Å². The van der Waals surface area contributed by atoms with E-state index in [2.05, 4.69) is 16.7 Å². The Kier molecular flexibility index (Phi) is 6.07. The maximum atomic E-state index is 13.6. The first-order chi connectivity index (χ1) is 16.4. The van der Waals surface area contributed by atoms with Gasteiger partial charge in [0.2, 0.25) is 0 Å². The van der Waals surface area contributed by atoms with Crippen molar-refractivity contribution in [2.45, 2.75) is 18.4 Å². The third kappa shape index (κ3) is 4.29. The van der Waals surface area contributed by atoms with Gasteiger partial charge in [0.1, 0.15) is 5.78 Å². The number of ketones is 1. The summed E-state index contributed by atoms with van der Waals surface area (Å²) >= 11 is 12.3. The van der Waals surface area contributed by atoms with Gasteiger partial charge >= 0.3 is 5.97 Å². The molecule has 1 heterocycles. The van der Waals surface area contributed by atoms with E-state index in [1.165, 1.54) is 7.11 Å². The topological polar surface area (TPSA) is 67.4 Å². The number of allylic oxidation sites excluding steroid dienone is 1. The summed E-state index contributed by atoms with van der Waals surface area (Å²) in [6.07, 6.45) is 2.51. The maximum absolute atomic E-state index is 13.6. The molecular weight excluding hydrogens is 471 g/mol. The van der Waals surface area contributed by atoms with Crippen molar-refractivity contribution in [3.8, 4) is 0 Å². The highest BCUT2D eigenvalue weighted by atomic mass is 35.5. The molecule has 3 aromatic carbocycles. The number of carbonyl (C=O) groups excluding carboxylic acids is 2. The van der Waals surface area contributed by atoms with E-state index in [4.69, 9.17) is 27.9 Å². The fourth-order valence-corrected chi connectivity index (χ4v) is 4.98. The molecule has 0 fully saturated rings. The molecular formula is C27H22Cl2N2O3. The zero-order valence-corrected chi connectivity index (χ0v) is 19.9. The second-order valence-electron chi connectivity index (χ2n) is 8.48. The van der Waals surface area contributed by atoms with E-state index >= 15 is 0 Å². The predicted molar refractivity (Wildman–Crippen MR) is 135 cm³/mol. The van der Waals surface area contributed by atoms with Crippen molar-refractivity contribution in [1.82, 2.24) is 0 Å². The van der Waals surface area contributed by atoms with Gasteiger partial charge in [-0.25, -0.2) is 4.79 Å². The molecule has 5 rings (SSSR count). The van der Waals surface area contributed by atoms with Crippen LogP contribution in [0.15, 0.2) is 78.5 Å². The summed E-state index contributed by atoms with van der Waals surface area (Å²) in [4.78, 5) is 25.5.